The molecule has 4 aromatic rings. The van der Waals surface area contributed by atoms with Gasteiger partial charge in [0.05, 0.1) is 28.8 Å². The number of aromatic amines is 1. The molecule has 0 saturated heterocycles. The topological polar surface area (TPSA) is 79.7 Å². The van der Waals surface area contributed by atoms with Crippen LogP contribution in [0.2, 0.25) is 5.15 Å². The number of nitrogens with zero attached hydrogens (tertiary/aromatic N) is 5. The molecule has 0 spiro atoms. The van der Waals surface area contributed by atoms with Gasteiger partial charge in [-0.25, -0.2) is 4.98 Å². The van der Waals surface area contributed by atoms with Gasteiger partial charge >= 0.3 is 0 Å². The number of nitrogens with one attached hydrogen (secondary N) is 1. The predicted octanol–water partition coefficient (Wildman–Crippen LogP) is 3.13. The van der Waals surface area contributed by atoms with Gasteiger partial charge in [0.1, 0.15) is 6.04 Å². The third-order valence-corrected chi connectivity index (χ3v) is 5.38. The Kier molecular flexibility index (Phi) is 3.91. The van der Waals surface area contributed by atoms with Crippen molar-refractivity contribution in [1.29, 1.82) is 0 Å². The van der Waals surface area contributed by atoms with Crippen molar-refractivity contribution in [3.8, 4) is 0 Å². The number of carbonyl (C=O) groups excluding carboxylic acids is 1. The molecule has 0 bridgehead atoms. The van der Waals surface area contributed by atoms with Crippen LogP contribution in [0.3, 0.4) is 0 Å². The highest BCUT2D eigenvalue weighted by molar-refractivity contribution is 6.32. The van der Waals surface area contributed by atoms with Gasteiger partial charge in [0.2, 0.25) is 0 Å². The van der Waals surface area contributed by atoms with Gasteiger partial charge < -0.3 is 9.88 Å². The molecule has 0 radical (unpaired) electrons. The number of benzene rings is 1. The molecule has 0 saturated carbocycles. The highest BCUT2D eigenvalue weighted by Crippen LogP contribution is 2.34. The first kappa shape index (κ1) is 16.9. The molecule has 1 aliphatic rings. The Morgan fingerprint density at radius 1 is 1.25 bits per heavy atom. The first-order chi connectivity index (χ1) is 13.6. The number of rotatable bonds is 2. The number of halogens is 1. The second-order valence-electron chi connectivity index (χ2n) is 6.85. The van der Waals surface area contributed by atoms with Crippen molar-refractivity contribution in [1.82, 2.24) is 29.6 Å². The molecule has 1 atom stereocenters. The maximum Gasteiger partial charge on any atom is 0.259 e. The third-order valence-electron chi connectivity index (χ3n) is 5.10. The van der Waals surface area contributed by atoms with E-state index in [-0.39, 0.29) is 17.1 Å². The average Bonchev–Trinajstić information content (AvgIpc) is 3.32. The van der Waals surface area contributed by atoms with E-state index < -0.39 is 0 Å². The van der Waals surface area contributed by atoms with E-state index in [1.54, 1.807) is 29.2 Å². The van der Waals surface area contributed by atoms with E-state index in [0.717, 1.165) is 28.0 Å². The van der Waals surface area contributed by atoms with E-state index in [2.05, 4.69) is 15.1 Å². The summed E-state index contributed by atoms with van der Waals surface area (Å²) in [6, 6.07) is 11.5. The Bertz CT molecular complexity index is 1200. The standard InChI is InChI=1S/C20H17ClN6O/c1-26-10-13(19(21)25-26)20(28)27-9-8-15-17(23-11-22-15)18(27)16-7-6-12-4-2-3-5-14(12)24-16/h2-7,10-11,18H,8-9H2,1H3,(H,22,23)/t18-/m0/s1. The number of aryl methyl sites for hydroxylation is 1. The van der Waals surface area contributed by atoms with E-state index in [9.17, 15) is 4.79 Å². The van der Waals surface area contributed by atoms with E-state index in [1.165, 1.54) is 0 Å². The number of imidazole rings is 1. The lowest BCUT2D eigenvalue weighted by Crippen LogP contribution is -2.41. The molecule has 0 unspecified atom stereocenters. The van der Waals surface area contributed by atoms with Crippen LogP contribution in [0.25, 0.3) is 10.9 Å². The monoisotopic (exact) mass is 392 g/mol. The number of fused-ring (bicyclic) bond motifs is 2. The van der Waals surface area contributed by atoms with E-state index >= 15 is 0 Å². The van der Waals surface area contributed by atoms with Crippen molar-refractivity contribution in [2.45, 2.75) is 12.5 Å². The summed E-state index contributed by atoms with van der Waals surface area (Å²) in [5, 5.41) is 5.35. The number of hydrogen-bond donors (Lipinski definition) is 1. The summed E-state index contributed by atoms with van der Waals surface area (Å²) in [5.41, 5.74) is 3.90. The van der Waals surface area contributed by atoms with Crippen LogP contribution in [0, 0.1) is 0 Å². The van der Waals surface area contributed by atoms with Gasteiger partial charge in [0, 0.05) is 37.3 Å². The Hall–Kier alpha value is -3.19. The van der Waals surface area contributed by atoms with Gasteiger partial charge in [-0.05, 0) is 12.1 Å². The van der Waals surface area contributed by atoms with Crippen LogP contribution in [-0.4, -0.2) is 42.1 Å². The fourth-order valence-corrected chi connectivity index (χ4v) is 4.04. The molecule has 1 N–H and O–H groups in total. The van der Waals surface area contributed by atoms with Gasteiger partial charge in [-0.15, -0.1) is 0 Å². The molecular weight excluding hydrogens is 376 g/mol. The van der Waals surface area contributed by atoms with Crippen LogP contribution < -0.4 is 0 Å². The molecule has 7 nitrogen and oxygen atoms in total. The quantitative estimate of drug-likeness (QED) is 0.568. The molecule has 1 aliphatic heterocycles. The van der Waals surface area contributed by atoms with Crippen LogP contribution in [0.5, 0.6) is 0 Å². The summed E-state index contributed by atoms with van der Waals surface area (Å²) >= 11 is 6.19. The smallest absolute Gasteiger partial charge is 0.259 e. The zero-order valence-electron chi connectivity index (χ0n) is 15.1. The molecule has 0 aliphatic carbocycles. The third kappa shape index (κ3) is 2.66. The summed E-state index contributed by atoms with van der Waals surface area (Å²) in [6.07, 6.45) is 4.02. The fourth-order valence-electron chi connectivity index (χ4n) is 3.79. The molecule has 28 heavy (non-hydrogen) atoms. The van der Waals surface area contributed by atoms with Crippen molar-refractivity contribution in [3.63, 3.8) is 0 Å². The molecule has 1 amide bonds. The predicted molar refractivity (Wildman–Crippen MR) is 105 cm³/mol. The van der Waals surface area contributed by atoms with E-state index in [0.29, 0.717) is 18.5 Å². The number of aromatic nitrogens is 5. The minimum Gasteiger partial charge on any atom is -0.348 e. The second-order valence-corrected chi connectivity index (χ2v) is 7.21. The molecule has 5 rings (SSSR count). The number of amides is 1. The first-order valence-corrected chi connectivity index (χ1v) is 9.37. The number of H-pyrrole nitrogens is 1. The molecule has 3 aromatic heterocycles. The van der Waals surface area contributed by atoms with Crippen molar-refractivity contribution in [2.24, 2.45) is 7.05 Å². The molecular formula is C20H17ClN6O. The van der Waals surface area contributed by atoms with Gasteiger partial charge in [0.15, 0.2) is 5.15 Å². The summed E-state index contributed by atoms with van der Waals surface area (Å²) in [7, 11) is 1.74. The number of carbonyl (C=O) groups is 1. The van der Waals surface area contributed by atoms with E-state index in [1.807, 2.05) is 36.4 Å². The maximum atomic E-state index is 13.3. The number of para-hydroxylation sites is 1. The first-order valence-electron chi connectivity index (χ1n) is 9.00. The zero-order chi connectivity index (χ0) is 19.3. The average molecular weight is 393 g/mol. The SMILES string of the molecule is Cn1cc(C(=O)N2CCc3[nH]cnc3[C@@H]2c2ccc3ccccc3n2)c(Cl)n1. The summed E-state index contributed by atoms with van der Waals surface area (Å²) in [5.74, 6) is -0.174. The van der Waals surface area contributed by atoms with Gasteiger partial charge in [-0.3, -0.25) is 14.5 Å². The van der Waals surface area contributed by atoms with Crippen LogP contribution >= 0.6 is 11.6 Å². The lowest BCUT2D eigenvalue weighted by Gasteiger charge is -2.34. The van der Waals surface area contributed by atoms with Gasteiger partial charge in [-0.1, -0.05) is 35.9 Å². The Morgan fingerprint density at radius 3 is 2.93 bits per heavy atom. The summed E-state index contributed by atoms with van der Waals surface area (Å²) < 4.78 is 1.54. The maximum absolute atomic E-state index is 13.3. The lowest BCUT2D eigenvalue weighted by atomic mass is 9.98. The zero-order valence-corrected chi connectivity index (χ0v) is 15.9. The van der Waals surface area contributed by atoms with E-state index in [4.69, 9.17) is 16.6 Å². The Morgan fingerprint density at radius 2 is 2.11 bits per heavy atom. The highest BCUT2D eigenvalue weighted by Gasteiger charge is 2.36. The molecule has 0 fully saturated rings. The highest BCUT2D eigenvalue weighted by atomic mass is 35.5. The fraction of sp³-hybridized carbons (Fsp3) is 0.200. The molecule has 4 heterocycles. The van der Waals surface area contributed by atoms with Crippen LogP contribution in [-0.2, 0) is 13.5 Å². The van der Waals surface area contributed by atoms with Crippen molar-refractivity contribution in [3.05, 3.63) is 76.7 Å². The minimum atomic E-state index is -0.386. The Labute approximate surface area is 166 Å². The number of pyridine rings is 1. The van der Waals surface area contributed by atoms with Crippen molar-refractivity contribution >= 4 is 28.4 Å². The van der Waals surface area contributed by atoms with Crippen molar-refractivity contribution in [2.75, 3.05) is 6.54 Å². The second kappa shape index (κ2) is 6.45. The number of hydrogen-bond acceptors (Lipinski definition) is 4. The van der Waals surface area contributed by atoms with Gasteiger partial charge in [-0.2, -0.15) is 5.10 Å². The molecule has 8 heteroatoms. The van der Waals surface area contributed by atoms with Crippen LogP contribution in [0.15, 0.2) is 48.9 Å². The largest absolute Gasteiger partial charge is 0.348 e. The van der Waals surface area contributed by atoms with Crippen LogP contribution in [0.4, 0.5) is 0 Å². The molecule has 1 aromatic carbocycles. The lowest BCUT2D eigenvalue weighted by molar-refractivity contribution is 0.0687. The molecule has 140 valence electrons. The van der Waals surface area contributed by atoms with Crippen LogP contribution in [0.1, 0.15) is 33.5 Å². The van der Waals surface area contributed by atoms with Gasteiger partial charge in [0.25, 0.3) is 5.91 Å². The summed E-state index contributed by atoms with van der Waals surface area (Å²) in [6.45, 7) is 0.540. The minimum absolute atomic E-state index is 0.174. The summed E-state index contributed by atoms with van der Waals surface area (Å²) in [4.78, 5) is 27.6. The Balaban J connectivity index is 1.64. The normalized spacial score (nSPS) is 16.4. The van der Waals surface area contributed by atoms with Crippen molar-refractivity contribution < 1.29 is 4.79 Å².